The number of benzene rings is 1. The molecule has 130 valence electrons. The molecule has 2 rings (SSSR count). The summed E-state index contributed by atoms with van der Waals surface area (Å²) in [6.07, 6.45) is 4.23. The summed E-state index contributed by atoms with van der Waals surface area (Å²) >= 11 is 0. The number of aromatic nitrogens is 1. The quantitative estimate of drug-likeness (QED) is 0.569. The van der Waals surface area contributed by atoms with E-state index in [0.717, 1.165) is 5.56 Å². The van der Waals surface area contributed by atoms with Crippen LogP contribution in [-0.4, -0.2) is 30.6 Å². The first-order chi connectivity index (χ1) is 12.1. The third kappa shape index (κ3) is 5.46. The van der Waals surface area contributed by atoms with Crippen molar-refractivity contribution < 1.29 is 23.8 Å². The van der Waals surface area contributed by atoms with Gasteiger partial charge in [0.15, 0.2) is 5.69 Å². The average molecular weight is 341 g/mol. The fourth-order valence-corrected chi connectivity index (χ4v) is 2.01. The van der Waals surface area contributed by atoms with Crippen LogP contribution >= 0.6 is 0 Å². The maximum atomic E-state index is 12.1. The Morgan fingerprint density at radius 1 is 1.16 bits per heavy atom. The smallest absolute Gasteiger partial charge is 0.357 e. The molecule has 0 radical (unpaired) electrons. The Kier molecular flexibility index (Phi) is 6.71. The topological polar surface area (TPSA) is 74.7 Å². The lowest BCUT2D eigenvalue weighted by atomic mass is 10.2. The summed E-state index contributed by atoms with van der Waals surface area (Å²) in [6.45, 7) is 2.18. The normalized spacial score (nSPS) is 10.5. The molecular formula is C19H19NO5. The van der Waals surface area contributed by atoms with Gasteiger partial charge in [-0.15, -0.1) is 0 Å². The van der Waals surface area contributed by atoms with Crippen molar-refractivity contribution in [3.63, 3.8) is 0 Å². The Morgan fingerprint density at radius 3 is 2.60 bits per heavy atom. The highest BCUT2D eigenvalue weighted by molar-refractivity contribution is 5.89. The van der Waals surface area contributed by atoms with E-state index < -0.39 is 11.9 Å². The number of hydrogen-bond donors (Lipinski definition) is 0. The van der Waals surface area contributed by atoms with Gasteiger partial charge in [0.2, 0.25) is 0 Å². The number of rotatable bonds is 7. The summed E-state index contributed by atoms with van der Waals surface area (Å²) in [7, 11) is 1.47. The van der Waals surface area contributed by atoms with Crippen LogP contribution in [0.4, 0.5) is 0 Å². The van der Waals surface area contributed by atoms with E-state index in [-0.39, 0.29) is 12.3 Å². The molecule has 0 amide bonds. The van der Waals surface area contributed by atoms with Crippen LogP contribution in [0.25, 0.3) is 6.08 Å². The zero-order chi connectivity index (χ0) is 18.1. The van der Waals surface area contributed by atoms with Crippen LogP contribution in [0.1, 0.15) is 28.5 Å². The second kappa shape index (κ2) is 9.22. The van der Waals surface area contributed by atoms with Gasteiger partial charge in [0.1, 0.15) is 12.4 Å². The summed E-state index contributed by atoms with van der Waals surface area (Å²) in [5.41, 5.74) is 1.56. The summed E-state index contributed by atoms with van der Waals surface area (Å²) in [4.78, 5) is 27.5. The van der Waals surface area contributed by atoms with E-state index in [0.29, 0.717) is 17.9 Å². The fourth-order valence-electron chi connectivity index (χ4n) is 2.01. The Morgan fingerprint density at radius 2 is 1.92 bits per heavy atom. The van der Waals surface area contributed by atoms with Gasteiger partial charge in [-0.1, -0.05) is 30.3 Å². The molecule has 0 fully saturated rings. The van der Waals surface area contributed by atoms with Gasteiger partial charge in [0.25, 0.3) is 0 Å². The zero-order valence-electron chi connectivity index (χ0n) is 14.1. The average Bonchev–Trinajstić information content (AvgIpc) is 2.65. The molecule has 0 saturated carbocycles. The maximum Gasteiger partial charge on any atom is 0.357 e. The molecule has 6 heteroatoms. The molecule has 0 bridgehead atoms. The van der Waals surface area contributed by atoms with Crippen LogP contribution in [0.2, 0.25) is 0 Å². The Balaban J connectivity index is 2.06. The van der Waals surface area contributed by atoms with Crippen molar-refractivity contribution in [3.05, 3.63) is 65.5 Å². The summed E-state index contributed by atoms with van der Waals surface area (Å²) < 4.78 is 15.3. The van der Waals surface area contributed by atoms with E-state index in [9.17, 15) is 9.59 Å². The van der Waals surface area contributed by atoms with Crippen molar-refractivity contribution in [2.45, 2.75) is 13.5 Å². The number of nitrogens with zero attached hydrogens (tertiary/aromatic N) is 1. The lowest BCUT2D eigenvalue weighted by Crippen LogP contribution is -2.08. The lowest BCUT2D eigenvalue weighted by Gasteiger charge is -2.08. The van der Waals surface area contributed by atoms with Crippen LogP contribution in [0.5, 0.6) is 5.75 Å². The molecule has 0 aliphatic heterocycles. The molecule has 0 N–H and O–H groups in total. The van der Waals surface area contributed by atoms with Gasteiger partial charge >= 0.3 is 11.9 Å². The molecule has 25 heavy (non-hydrogen) atoms. The van der Waals surface area contributed by atoms with Gasteiger partial charge in [0.05, 0.1) is 13.7 Å². The first-order valence-corrected chi connectivity index (χ1v) is 7.74. The highest BCUT2D eigenvalue weighted by atomic mass is 16.5. The molecule has 1 aromatic carbocycles. The van der Waals surface area contributed by atoms with Crippen LogP contribution in [-0.2, 0) is 20.9 Å². The molecule has 0 saturated heterocycles. The molecule has 0 aliphatic rings. The molecule has 0 aliphatic carbocycles. The second-order valence-corrected chi connectivity index (χ2v) is 4.96. The third-order valence-electron chi connectivity index (χ3n) is 3.22. The molecule has 0 spiro atoms. The predicted molar refractivity (Wildman–Crippen MR) is 92.0 cm³/mol. The van der Waals surface area contributed by atoms with E-state index in [4.69, 9.17) is 14.2 Å². The number of pyridine rings is 1. The first-order valence-electron chi connectivity index (χ1n) is 7.74. The molecule has 6 nitrogen and oxygen atoms in total. The Hall–Kier alpha value is -3.15. The van der Waals surface area contributed by atoms with Gasteiger partial charge in [0, 0.05) is 23.9 Å². The largest absolute Gasteiger partial charge is 0.496 e. The minimum atomic E-state index is -0.553. The molecule has 0 atom stereocenters. The van der Waals surface area contributed by atoms with Crippen molar-refractivity contribution in [1.82, 2.24) is 4.98 Å². The summed E-state index contributed by atoms with van der Waals surface area (Å²) in [6, 6.07) is 10.8. The Labute approximate surface area is 146 Å². The van der Waals surface area contributed by atoms with Crippen LogP contribution < -0.4 is 4.74 Å². The predicted octanol–water partition coefficient (Wildman–Crippen LogP) is 3.02. The number of carbonyl (C=O) groups excluding carboxylic acids is 2. The van der Waals surface area contributed by atoms with Gasteiger partial charge in [-0.2, -0.15) is 0 Å². The number of esters is 2. The van der Waals surface area contributed by atoms with Crippen LogP contribution in [0.15, 0.2) is 48.7 Å². The van der Waals surface area contributed by atoms with Crippen molar-refractivity contribution in [2.75, 3.05) is 13.7 Å². The Bertz CT molecular complexity index is 756. The monoisotopic (exact) mass is 341 g/mol. The lowest BCUT2D eigenvalue weighted by molar-refractivity contribution is -0.137. The van der Waals surface area contributed by atoms with Gasteiger partial charge in [-0.3, -0.25) is 0 Å². The highest BCUT2D eigenvalue weighted by Gasteiger charge is 2.13. The third-order valence-corrected chi connectivity index (χ3v) is 3.22. The van der Waals surface area contributed by atoms with Crippen molar-refractivity contribution >= 4 is 18.0 Å². The first kappa shape index (κ1) is 18.2. The maximum absolute atomic E-state index is 12.1. The van der Waals surface area contributed by atoms with E-state index in [2.05, 4.69) is 4.98 Å². The van der Waals surface area contributed by atoms with E-state index >= 15 is 0 Å². The second-order valence-electron chi connectivity index (χ2n) is 4.96. The van der Waals surface area contributed by atoms with Crippen molar-refractivity contribution in [2.24, 2.45) is 0 Å². The number of carbonyl (C=O) groups is 2. The van der Waals surface area contributed by atoms with Gasteiger partial charge in [-0.25, -0.2) is 14.6 Å². The SMILES string of the molecule is CCOC(=O)/C=C/c1cnc(C(=O)OCc2ccccc2)cc1OC. The summed E-state index contributed by atoms with van der Waals surface area (Å²) in [5, 5.41) is 0. The summed E-state index contributed by atoms with van der Waals surface area (Å²) in [5.74, 6) is -0.610. The highest BCUT2D eigenvalue weighted by Crippen LogP contribution is 2.20. The molecule has 1 heterocycles. The molecule has 2 aromatic rings. The van der Waals surface area contributed by atoms with E-state index in [1.54, 1.807) is 6.92 Å². The van der Waals surface area contributed by atoms with Gasteiger partial charge in [-0.05, 0) is 18.6 Å². The standard InChI is InChI=1S/C19H19NO5/c1-3-24-18(21)10-9-15-12-20-16(11-17(15)23-2)19(22)25-13-14-7-5-4-6-8-14/h4-12H,3,13H2,1-2H3/b10-9+. The number of hydrogen-bond acceptors (Lipinski definition) is 6. The minimum Gasteiger partial charge on any atom is -0.496 e. The minimum absolute atomic E-state index is 0.126. The van der Waals surface area contributed by atoms with Crippen LogP contribution in [0, 0.1) is 0 Å². The fraction of sp³-hybridized carbons (Fsp3) is 0.211. The van der Waals surface area contributed by atoms with Crippen molar-refractivity contribution in [1.29, 1.82) is 0 Å². The van der Waals surface area contributed by atoms with Crippen molar-refractivity contribution in [3.8, 4) is 5.75 Å². The number of methoxy groups -OCH3 is 1. The zero-order valence-corrected chi connectivity index (χ0v) is 14.1. The van der Waals surface area contributed by atoms with Crippen LogP contribution in [0.3, 0.4) is 0 Å². The van der Waals surface area contributed by atoms with E-state index in [1.165, 1.54) is 31.5 Å². The molecule has 1 aromatic heterocycles. The molecular weight excluding hydrogens is 322 g/mol. The van der Waals surface area contributed by atoms with E-state index in [1.807, 2.05) is 30.3 Å². The molecule has 0 unspecified atom stereocenters. The van der Waals surface area contributed by atoms with Gasteiger partial charge < -0.3 is 14.2 Å². The number of ether oxygens (including phenoxy) is 3.